The van der Waals surface area contributed by atoms with Crippen LogP contribution in [-0.4, -0.2) is 40.3 Å². The molecule has 0 radical (unpaired) electrons. The molecule has 0 aliphatic carbocycles. The average molecular weight is 500 g/mol. The van der Waals surface area contributed by atoms with Gasteiger partial charge in [-0.05, 0) is 49.2 Å². The molecule has 1 unspecified atom stereocenters. The molecule has 3 heterocycles. The number of benzene rings is 2. The molecule has 2 amide bonds. The summed E-state index contributed by atoms with van der Waals surface area (Å²) in [4.78, 5) is 25.2. The number of aromatic nitrogens is 2. The largest absolute Gasteiger partial charge is 0.394 e. The summed E-state index contributed by atoms with van der Waals surface area (Å²) in [7, 11) is 0. The number of amides is 2. The molecule has 176 valence electrons. The lowest BCUT2D eigenvalue weighted by Crippen LogP contribution is -2.47. The van der Waals surface area contributed by atoms with Gasteiger partial charge in [-0.25, -0.2) is 9.78 Å². The molecule has 1 aromatic heterocycles. The second-order valence-electron chi connectivity index (χ2n) is 8.16. The zero-order valence-electron chi connectivity index (χ0n) is 18.1. The van der Waals surface area contributed by atoms with Gasteiger partial charge in [0.25, 0.3) is 0 Å². The number of hydrogen-bond acceptors (Lipinski definition) is 7. The van der Waals surface area contributed by atoms with Crippen LogP contribution in [-0.2, 0) is 0 Å². The summed E-state index contributed by atoms with van der Waals surface area (Å²) in [6.45, 7) is 1.08. The number of nitrogens with two attached hydrogens (primary N) is 1. The topological polar surface area (TPSA) is 120 Å². The number of urea groups is 1. The van der Waals surface area contributed by atoms with E-state index in [4.69, 9.17) is 28.9 Å². The van der Waals surface area contributed by atoms with E-state index in [9.17, 15) is 9.90 Å². The molecule has 1 fully saturated rings. The van der Waals surface area contributed by atoms with Gasteiger partial charge in [0.2, 0.25) is 5.95 Å². The van der Waals surface area contributed by atoms with Crippen molar-refractivity contribution in [1.82, 2.24) is 9.97 Å². The Balaban J connectivity index is 1.35. The van der Waals surface area contributed by atoms with Gasteiger partial charge in [-0.15, -0.1) is 0 Å². The fourth-order valence-corrected chi connectivity index (χ4v) is 4.96. The predicted molar refractivity (Wildman–Crippen MR) is 134 cm³/mol. The third kappa shape index (κ3) is 4.12. The summed E-state index contributed by atoms with van der Waals surface area (Å²) >= 11 is 12.6. The van der Waals surface area contributed by atoms with Gasteiger partial charge in [0.05, 0.1) is 33.9 Å². The summed E-state index contributed by atoms with van der Waals surface area (Å²) < 4.78 is 0. The van der Waals surface area contributed by atoms with Crippen molar-refractivity contribution in [3.8, 4) is 0 Å². The highest BCUT2D eigenvalue weighted by atomic mass is 35.5. The number of halogens is 2. The van der Waals surface area contributed by atoms with Crippen LogP contribution in [0.3, 0.4) is 0 Å². The SMILES string of the molecule is NC1c2cnc(Nc3ccc(N4CCC[C@@H]4CO)cc3)nc2NC(=O)N1c1c(Cl)cccc1Cl. The van der Waals surface area contributed by atoms with E-state index in [2.05, 4.69) is 25.5 Å². The molecule has 0 saturated carbocycles. The van der Waals surface area contributed by atoms with Gasteiger partial charge in [0, 0.05) is 24.1 Å². The number of nitrogens with zero attached hydrogens (tertiary/aromatic N) is 4. The van der Waals surface area contributed by atoms with E-state index in [1.54, 1.807) is 24.4 Å². The van der Waals surface area contributed by atoms with E-state index >= 15 is 0 Å². The van der Waals surface area contributed by atoms with E-state index in [0.717, 1.165) is 30.8 Å². The van der Waals surface area contributed by atoms with Crippen LogP contribution in [0, 0.1) is 0 Å². The second-order valence-corrected chi connectivity index (χ2v) is 8.97. The van der Waals surface area contributed by atoms with Crippen molar-refractivity contribution >= 4 is 58.1 Å². The minimum atomic E-state index is -0.866. The quantitative estimate of drug-likeness (QED) is 0.407. The predicted octanol–water partition coefficient (Wildman–Crippen LogP) is 4.50. The summed E-state index contributed by atoms with van der Waals surface area (Å²) in [5.74, 6) is 0.631. The second kappa shape index (κ2) is 9.27. The van der Waals surface area contributed by atoms with Crippen LogP contribution in [0.4, 0.5) is 33.6 Å². The molecule has 0 spiro atoms. The lowest BCUT2D eigenvalue weighted by atomic mass is 10.1. The standard InChI is InChI=1S/C23H23Cl2N7O2/c24-17-4-1-5-18(25)19(17)32-20(26)16-11-27-22(29-21(16)30-23(32)34)28-13-6-8-14(9-7-13)31-10-2-3-15(31)12-33/h1,4-9,11,15,20,33H,2-3,10,12,26H2,(H2,27,28,29,30,34)/t15-,20?/m1/s1. The number of aliphatic hydroxyl groups is 1. The summed E-state index contributed by atoms with van der Waals surface area (Å²) in [5.41, 5.74) is 9.08. The Morgan fingerprint density at radius 1 is 1.18 bits per heavy atom. The Hall–Kier alpha value is -3.11. The number of nitrogens with one attached hydrogen (secondary N) is 2. The number of anilines is 5. The highest BCUT2D eigenvalue weighted by molar-refractivity contribution is 6.40. The molecule has 3 aromatic rings. The van der Waals surface area contributed by atoms with Crippen LogP contribution in [0.1, 0.15) is 24.6 Å². The Kier molecular flexibility index (Phi) is 6.18. The molecular formula is C23H23Cl2N7O2. The minimum Gasteiger partial charge on any atom is -0.394 e. The molecule has 0 bridgehead atoms. The minimum absolute atomic E-state index is 0.150. The average Bonchev–Trinajstić information content (AvgIpc) is 3.30. The van der Waals surface area contributed by atoms with Gasteiger partial charge in [-0.2, -0.15) is 4.98 Å². The van der Waals surface area contributed by atoms with Crippen molar-refractivity contribution in [1.29, 1.82) is 0 Å². The van der Waals surface area contributed by atoms with Gasteiger partial charge in [-0.1, -0.05) is 29.3 Å². The molecule has 1 saturated heterocycles. The van der Waals surface area contributed by atoms with Crippen molar-refractivity contribution in [2.75, 3.05) is 33.6 Å². The van der Waals surface area contributed by atoms with Gasteiger partial charge in [0.15, 0.2) is 0 Å². The first-order chi connectivity index (χ1) is 16.5. The van der Waals surface area contributed by atoms with Crippen molar-refractivity contribution in [2.24, 2.45) is 5.73 Å². The first kappa shape index (κ1) is 22.7. The van der Waals surface area contributed by atoms with E-state index < -0.39 is 12.2 Å². The molecule has 2 aromatic carbocycles. The highest BCUT2D eigenvalue weighted by Crippen LogP contribution is 2.40. The zero-order valence-corrected chi connectivity index (χ0v) is 19.6. The smallest absolute Gasteiger partial charge is 0.329 e. The van der Waals surface area contributed by atoms with Crippen molar-refractivity contribution in [3.05, 3.63) is 64.3 Å². The molecule has 34 heavy (non-hydrogen) atoms. The summed E-state index contributed by atoms with van der Waals surface area (Å²) in [5, 5.41) is 16.1. The monoisotopic (exact) mass is 499 g/mol. The van der Waals surface area contributed by atoms with Crippen LogP contribution < -0.4 is 26.2 Å². The maximum absolute atomic E-state index is 12.9. The maximum Gasteiger partial charge on any atom is 0.329 e. The molecule has 2 atom stereocenters. The van der Waals surface area contributed by atoms with Crippen LogP contribution in [0.2, 0.25) is 10.0 Å². The highest BCUT2D eigenvalue weighted by Gasteiger charge is 2.35. The number of rotatable bonds is 5. The fourth-order valence-electron chi connectivity index (χ4n) is 4.39. The molecule has 5 N–H and O–H groups in total. The Labute approximate surface area is 206 Å². The number of carbonyl (C=O) groups excluding carboxylic acids is 1. The number of carbonyl (C=O) groups is 1. The zero-order chi connectivity index (χ0) is 23.8. The third-order valence-corrected chi connectivity index (χ3v) is 6.69. The number of hydrogen-bond donors (Lipinski definition) is 4. The lowest BCUT2D eigenvalue weighted by molar-refractivity contribution is 0.254. The molecule has 2 aliphatic heterocycles. The lowest BCUT2D eigenvalue weighted by Gasteiger charge is -2.35. The normalized spacial score (nSPS) is 19.7. The van der Waals surface area contributed by atoms with E-state index in [1.165, 1.54) is 4.90 Å². The number of fused-ring (bicyclic) bond motifs is 1. The van der Waals surface area contributed by atoms with Crippen molar-refractivity contribution in [2.45, 2.75) is 25.0 Å². The van der Waals surface area contributed by atoms with Crippen LogP contribution in [0.15, 0.2) is 48.7 Å². The molecule has 2 aliphatic rings. The van der Waals surface area contributed by atoms with Gasteiger partial charge < -0.3 is 21.1 Å². The number of para-hydroxylation sites is 1. The summed E-state index contributed by atoms with van der Waals surface area (Å²) in [6.07, 6.45) is 2.77. The first-order valence-electron chi connectivity index (χ1n) is 10.9. The summed E-state index contributed by atoms with van der Waals surface area (Å²) in [6, 6.07) is 12.5. The van der Waals surface area contributed by atoms with Crippen LogP contribution in [0.25, 0.3) is 0 Å². The third-order valence-electron chi connectivity index (χ3n) is 6.08. The maximum atomic E-state index is 12.9. The Morgan fingerprint density at radius 2 is 1.91 bits per heavy atom. The Bertz CT molecular complexity index is 1200. The first-order valence-corrected chi connectivity index (χ1v) is 11.6. The molecule has 5 rings (SSSR count). The van der Waals surface area contributed by atoms with Crippen LogP contribution >= 0.6 is 23.2 Å². The van der Waals surface area contributed by atoms with E-state index in [0.29, 0.717) is 33.1 Å². The van der Waals surface area contributed by atoms with Gasteiger partial charge in [0.1, 0.15) is 12.0 Å². The van der Waals surface area contributed by atoms with E-state index in [1.807, 2.05) is 24.3 Å². The van der Waals surface area contributed by atoms with Gasteiger partial charge in [-0.3, -0.25) is 10.2 Å². The molecular weight excluding hydrogens is 477 g/mol. The van der Waals surface area contributed by atoms with Crippen molar-refractivity contribution in [3.63, 3.8) is 0 Å². The van der Waals surface area contributed by atoms with Crippen molar-refractivity contribution < 1.29 is 9.90 Å². The Morgan fingerprint density at radius 3 is 2.62 bits per heavy atom. The molecule has 9 nitrogen and oxygen atoms in total. The fraction of sp³-hybridized carbons (Fsp3) is 0.261. The number of aliphatic hydroxyl groups excluding tert-OH is 1. The van der Waals surface area contributed by atoms with E-state index in [-0.39, 0.29) is 12.6 Å². The molecule has 11 heteroatoms. The van der Waals surface area contributed by atoms with Gasteiger partial charge >= 0.3 is 6.03 Å². The van der Waals surface area contributed by atoms with Crippen LogP contribution in [0.5, 0.6) is 0 Å².